The van der Waals surface area contributed by atoms with Gasteiger partial charge in [-0.2, -0.15) is 0 Å². The molecule has 6 aromatic rings. The minimum atomic E-state index is -0.680. The predicted octanol–water partition coefficient (Wildman–Crippen LogP) is 9.00. The lowest BCUT2D eigenvalue weighted by Gasteiger charge is -2.44. The number of rotatable bonds is 12. The second kappa shape index (κ2) is 18.2. The van der Waals surface area contributed by atoms with Gasteiger partial charge in [0.1, 0.15) is 0 Å². The molecule has 4 atom stereocenters. The van der Waals surface area contributed by atoms with Crippen LogP contribution in [-0.4, -0.2) is 36.0 Å². The molecular formula is C52H54N4O2. The summed E-state index contributed by atoms with van der Waals surface area (Å²) in [4.78, 5) is 28.2. The molecule has 0 aliphatic heterocycles. The molecule has 4 unspecified atom stereocenters. The third kappa shape index (κ3) is 8.13. The highest BCUT2D eigenvalue weighted by molar-refractivity contribution is 6.35. The van der Waals surface area contributed by atoms with Gasteiger partial charge >= 0.3 is 11.8 Å². The third-order valence-electron chi connectivity index (χ3n) is 12.4. The van der Waals surface area contributed by atoms with Gasteiger partial charge in [0.2, 0.25) is 0 Å². The van der Waals surface area contributed by atoms with Crippen molar-refractivity contribution in [2.24, 2.45) is 0 Å². The van der Waals surface area contributed by atoms with Crippen molar-refractivity contribution in [2.75, 3.05) is 0 Å². The first-order valence-corrected chi connectivity index (χ1v) is 21.1. The highest BCUT2D eigenvalue weighted by Crippen LogP contribution is 2.40. The van der Waals surface area contributed by atoms with Crippen LogP contribution in [0.25, 0.3) is 0 Å². The van der Waals surface area contributed by atoms with Crippen molar-refractivity contribution in [1.29, 1.82) is 0 Å². The molecule has 0 spiro atoms. The maximum atomic E-state index is 14.1. The van der Waals surface area contributed by atoms with Crippen LogP contribution in [-0.2, 0) is 20.7 Å². The van der Waals surface area contributed by atoms with Crippen LogP contribution in [0.4, 0.5) is 0 Å². The number of hydrogen-bond donors (Lipinski definition) is 4. The van der Waals surface area contributed by atoms with Gasteiger partial charge in [-0.05, 0) is 59.1 Å². The molecule has 2 saturated carbocycles. The number of carbonyl (C=O) groups is 2. The van der Waals surface area contributed by atoms with Gasteiger partial charge in [0.15, 0.2) is 0 Å². The first kappa shape index (κ1) is 39.0. The fraction of sp³-hybridized carbons (Fsp3) is 0.269. The smallest absolute Gasteiger partial charge is 0.309 e. The zero-order chi connectivity index (χ0) is 39.6. The van der Waals surface area contributed by atoms with Crippen LogP contribution < -0.4 is 21.3 Å². The second-order valence-corrected chi connectivity index (χ2v) is 15.9. The monoisotopic (exact) mass is 766 g/mol. The standard InChI is InChI=1S/C52H54N4O2/c57-49(53-45-35-19-21-37-47(45)55-51(39-23-7-1-8-24-39,40-25-9-2-10-26-40)41-27-11-3-12-28-41)50(58)54-46-36-20-22-38-48(46)56-52(42-29-13-4-14-30-42,43-31-15-5-16-32-43)44-33-17-6-18-34-44/h1-18,23-34,45-48,55-56H,19-22,35-38H2,(H,53,57)(H,54,58). The van der Waals surface area contributed by atoms with Crippen LogP contribution in [0.1, 0.15) is 84.7 Å². The lowest BCUT2D eigenvalue weighted by Crippen LogP contribution is -2.62. The summed E-state index contributed by atoms with van der Waals surface area (Å²) < 4.78 is 0. The summed E-state index contributed by atoms with van der Waals surface area (Å²) in [6.45, 7) is 0. The largest absolute Gasteiger partial charge is 0.344 e. The van der Waals surface area contributed by atoms with Crippen LogP contribution in [0.15, 0.2) is 182 Å². The Bertz CT molecular complexity index is 1850. The van der Waals surface area contributed by atoms with E-state index in [4.69, 9.17) is 0 Å². The lowest BCUT2D eigenvalue weighted by molar-refractivity contribution is -0.140. The Morgan fingerprint density at radius 3 is 0.759 bits per heavy atom. The molecule has 0 saturated heterocycles. The van der Waals surface area contributed by atoms with Gasteiger partial charge in [-0.1, -0.05) is 208 Å². The number of nitrogens with one attached hydrogen (secondary N) is 4. The van der Waals surface area contributed by atoms with Crippen molar-refractivity contribution >= 4 is 11.8 Å². The minimum absolute atomic E-state index is 0.0848. The van der Waals surface area contributed by atoms with Crippen LogP contribution in [0.3, 0.4) is 0 Å². The van der Waals surface area contributed by atoms with E-state index in [2.05, 4.69) is 167 Å². The van der Waals surface area contributed by atoms with Crippen molar-refractivity contribution in [3.8, 4) is 0 Å². The summed E-state index contributed by atoms with van der Waals surface area (Å²) in [5.41, 5.74) is 5.36. The van der Waals surface area contributed by atoms with Crippen LogP contribution >= 0.6 is 0 Å². The molecule has 0 aromatic heterocycles. The maximum absolute atomic E-state index is 14.1. The Kier molecular flexibility index (Phi) is 12.2. The Balaban J connectivity index is 1.05. The van der Waals surface area contributed by atoms with Crippen molar-refractivity contribution in [1.82, 2.24) is 21.3 Å². The van der Waals surface area contributed by atoms with Crippen LogP contribution in [0, 0.1) is 0 Å². The van der Waals surface area contributed by atoms with E-state index in [1.54, 1.807) is 0 Å². The summed E-state index contributed by atoms with van der Waals surface area (Å²) in [5, 5.41) is 14.7. The van der Waals surface area contributed by atoms with Gasteiger partial charge in [0.25, 0.3) is 0 Å². The number of carbonyl (C=O) groups excluding carboxylic acids is 2. The average Bonchev–Trinajstić information content (AvgIpc) is 3.30. The van der Waals surface area contributed by atoms with E-state index < -0.39 is 22.9 Å². The summed E-state index contributed by atoms with van der Waals surface area (Å²) >= 11 is 0. The van der Waals surface area contributed by atoms with E-state index >= 15 is 0 Å². The molecule has 58 heavy (non-hydrogen) atoms. The van der Waals surface area contributed by atoms with Gasteiger partial charge in [0.05, 0.1) is 11.1 Å². The van der Waals surface area contributed by atoms with Gasteiger partial charge < -0.3 is 10.6 Å². The van der Waals surface area contributed by atoms with E-state index in [9.17, 15) is 9.59 Å². The van der Waals surface area contributed by atoms with Gasteiger partial charge in [-0.15, -0.1) is 0 Å². The SMILES string of the molecule is O=C(NC1CCCCC1NC(c1ccccc1)(c1ccccc1)c1ccccc1)C(=O)NC1CCCCC1NC(c1ccccc1)(c1ccccc1)c1ccccc1. The first-order valence-electron chi connectivity index (χ1n) is 21.1. The van der Waals surface area contributed by atoms with E-state index in [-0.39, 0.29) is 24.2 Å². The minimum Gasteiger partial charge on any atom is -0.344 e. The topological polar surface area (TPSA) is 82.3 Å². The molecule has 2 amide bonds. The first-order chi connectivity index (χ1) is 28.6. The molecule has 2 aliphatic carbocycles. The number of amides is 2. The summed E-state index contributed by atoms with van der Waals surface area (Å²) in [5.74, 6) is -1.15. The normalized spacial score (nSPS) is 19.8. The molecule has 6 nitrogen and oxygen atoms in total. The van der Waals surface area contributed by atoms with E-state index in [0.29, 0.717) is 0 Å². The molecule has 0 heterocycles. The Morgan fingerprint density at radius 1 is 0.328 bits per heavy atom. The Labute approximate surface area is 343 Å². The molecule has 2 aliphatic rings. The molecule has 6 aromatic carbocycles. The van der Waals surface area contributed by atoms with Crippen molar-refractivity contribution < 1.29 is 9.59 Å². The molecule has 0 radical (unpaired) electrons. The van der Waals surface area contributed by atoms with Gasteiger partial charge in [0, 0.05) is 24.2 Å². The van der Waals surface area contributed by atoms with Crippen molar-refractivity contribution in [2.45, 2.75) is 86.6 Å². The van der Waals surface area contributed by atoms with Gasteiger partial charge in [-0.3, -0.25) is 20.2 Å². The van der Waals surface area contributed by atoms with Crippen molar-refractivity contribution in [3.05, 3.63) is 215 Å². The summed E-state index contributed by atoms with van der Waals surface area (Å²) in [7, 11) is 0. The van der Waals surface area contributed by atoms with Crippen LogP contribution in [0.2, 0.25) is 0 Å². The average molecular weight is 767 g/mol. The van der Waals surface area contributed by atoms with Gasteiger partial charge in [-0.25, -0.2) is 0 Å². The van der Waals surface area contributed by atoms with E-state index in [1.807, 2.05) is 36.4 Å². The quantitative estimate of drug-likeness (QED) is 0.0741. The molecule has 0 bridgehead atoms. The van der Waals surface area contributed by atoms with E-state index in [0.717, 1.165) is 84.7 Å². The molecule has 294 valence electrons. The highest BCUT2D eigenvalue weighted by atomic mass is 16.2. The fourth-order valence-electron chi connectivity index (χ4n) is 9.61. The fourth-order valence-corrected chi connectivity index (χ4v) is 9.61. The Hall–Kier alpha value is -5.82. The molecular weight excluding hydrogens is 713 g/mol. The lowest BCUT2D eigenvalue weighted by atomic mass is 9.75. The molecule has 4 N–H and O–H groups in total. The second-order valence-electron chi connectivity index (χ2n) is 15.9. The number of benzene rings is 6. The highest BCUT2D eigenvalue weighted by Gasteiger charge is 2.43. The third-order valence-corrected chi connectivity index (χ3v) is 12.4. The number of hydrogen-bond acceptors (Lipinski definition) is 4. The van der Waals surface area contributed by atoms with Crippen molar-refractivity contribution in [3.63, 3.8) is 0 Å². The molecule has 8 rings (SSSR count). The van der Waals surface area contributed by atoms with Crippen LogP contribution in [0.5, 0.6) is 0 Å². The van der Waals surface area contributed by atoms with E-state index in [1.165, 1.54) is 0 Å². The summed E-state index contributed by atoms with van der Waals surface area (Å²) in [6, 6.07) is 62.7. The predicted molar refractivity (Wildman–Crippen MR) is 233 cm³/mol. The molecule has 2 fully saturated rings. The Morgan fingerprint density at radius 2 is 0.534 bits per heavy atom. The zero-order valence-corrected chi connectivity index (χ0v) is 33.1. The maximum Gasteiger partial charge on any atom is 0.309 e. The molecule has 6 heteroatoms. The summed E-state index contributed by atoms with van der Waals surface area (Å²) in [6.07, 6.45) is 7.34. The zero-order valence-electron chi connectivity index (χ0n) is 33.1.